The maximum Gasteiger partial charge on any atom is 0.199 e. The third-order valence-corrected chi connectivity index (χ3v) is 2.68. The molecule has 0 amide bonds. The monoisotopic (exact) mass is 166 g/mol. The first-order chi connectivity index (χ1) is 5.47. The van der Waals surface area contributed by atoms with Crippen molar-refractivity contribution in [2.75, 3.05) is 16.6 Å². The zero-order valence-corrected chi connectivity index (χ0v) is 6.84. The minimum Gasteiger partial charge on any atom is -0.300 e. The van der Waals surface area contributed by atoms with Crippen molar-refractivity contribution in [3.63, 3.8) is 0 Å². The summed E-state index contributed by atoms with van der Waals surface area (Å²) in [6.07, 6.45) is 5.55. The van der Waals surface area contributed by atoms with Gasteiger partial charge >= 0.3 is 0 Å². The first-order valence-electron chi connectivity index (χ1n) is 3.56. The summed E-state index contributed by atoms with van der Waals surface area (Å²) in [5.41, 5.74) is 0. The van der Waals surface area contributed by atoms with E-state index in [0.29, 0.717) is 0 Å². The van der Waals surface area contributed by atoms with Crippen molar-refractivity contribution in [1.29, 1.82) is 0 Å². The van der Waals surface area contributed by atoms with Gasteiger partial charge in [0, 0.05) is 18.5 Å². The molecule has 0 atom stereocenters. The van der Waals surface area contributed by atoms with Crippen LogP contribution in [0.15, 0.2) is 12.3 Å². The van der Waals surface area contributed by atoms with E-state index in [1.807, 2.05) is 18.0 Å². The first kappa shape index (κ1) is 6.91. The van der Waals surface area contributed by atoms with E-state index in [-0.39, 0.29) is 0 Å². The summed E-state index contributed by atoms with van der Waals surface area (Å²) in [5.74, 6) is 2.17. The Labute approximate surface area is 70.0 Å². The molecule has 0 spiro atoms. The minimum atomic E-state index is 0.975. The summed E-state index contributed by atoms with van der Waals surface area (Å²) in [6, 6.07) is 1.91. The zero-order chi connectivity index (χ0) is 7.52. The van der Waals surface area contributed by atoms with Gasteiger partial charge in [0.1, 0.15) is 5.82 Å². The highest BCUT2D eigenvalue weighted by atomic mass is 32.2. The molecule has 3 nitrogen and oxygen atoms in total. The molecule has 1 fully saturated rings. The molecule has 11 heavy (non-hydrogen) atoms. The lowest BCUT2D eigenvalue weighted by Crippen LogP contribution is -2.10. The lowest BCUT2D eigenvalue weighted by Gasteiger charge is -2.12. The minimum absolute atomic E-state index is 0.975. The molecule has 0 unspecified atom stereocenters. The molecule has 1 radical (unpaired) electrons. The second-order valence-corrected chi connectivity index (χ2v) is 3.41. The molecule has 1 aliphatic heterocycles. The number of nitrogens with zero attached hydrogens (tertiary/aromatic N) is 3. The van der Waals surface area contributed by atoms with Gasteiger partial charge in [0.25, 0.3) is 0 Å². The quantitative estimate of drug-likeness (QED) is 0.585. The molecule has 57 valence electrons. The molecule has 0 N–H and O–H groups in total. The molecule has 0 aromatic carbocycles. The molecule has 1 aromatic heterocycles. The molecule has 2 rings (SSSR count). The zero-order valence-electron chi connectivity index (χ0n) is 6.03. The van der Waals surface area contributed by atoms with Crippen LogP contribution >= 0.6 is 11.9 Å². The van der Waals surface area contributed by atoms with Crippen molar-refractivity contribution in [2.24, 2.45) is 0 Å². The summed E-state index contributed by atoms with van der Waals surface area (Å²) in [7, 11) is 0. The van der Waals surface area contributed by atoms with Crippen LogP contribution in [0.3, 0.4) is 0 Å². The lowest BCUT2D eigenvalue weighted by atomic mass is 10.5. The fraction of sp³-hybridized carbons (Fsp3) is 0.429. The maximum absolute atomic E-state index is 4.03. The molecule has 0 saturated carbocycles. The third-order valence-electron chi connectivity index (χ3n) is 1.53. The Kier molecular flexibility index (Phi) is 1.94. The van der Waals surface area contributed by atoms with Gasteiger partial charge in [-0.05, 0) is 24.4 Å². The standard InChI is InChI=1S/C7H8N3S/c1-4-10(11-5-1)7-2-3-8-6-9-7/h2-3H,1,4-5H2. The summed E-state index contributed by atoms with van der Waals surface area (Å²) in [6.45, 7) is 1.09. The van der Waals surface area contributed by atoms with Crippen LogP contribution < -0.4 is 4.31 Å². The molecule has 0 aliphatic carbocycles. The van der Waals surface area contributed by atoms with Crippen LogP contribution in [0.1, 0.15) is 6.42 Å². The fourth-order valence-corrected chi connectivity index (χ4v) is 1.99. The van der Waals surface area contributed by atoms with Gasteiger partial charge < -0.3 is 4.31 Å². The second-order valence-electron chi connectivity index (χ2n) is 2.30. The molecule has 2 heterocycles. The Hall–Kier alpha value is -0.770. The van der Waals surface area contributed by atoms with Crippen LogP contribution in [0, 0.1) is 6.33 Å². The van der Waals surface area contributed by atoms with E-state index in [2.05, 4.69) is 20.6 Å². The van der Waals surface area contributed by atoms with Crippen molar-refractivity contribution < 1.29 is 0 Å². The summed E-state index contributed by atoms with van der Waals surface area (Å²) >= 11 is 1.82. The highest BCUT2D eigenvalue weighted by Crippen LogP contribution is 2.25. The number of hydrogen-bond donors (Lipinski definition) is 0. The van der Waals surface area contributed by atoms with Crippen molar-refractivity contribution in [2.45, 2.75) is 6.42 Å². The Morgan fingerprint density at radius 2 is 2.64 bits per heavy atom. The molecular weight excluding hydrogens is 158 g/mol. The van der Waals surface area contributed by atoms with Crippen LogP contribution in [-0.2, 0) is 0 Å². The van der Waals surface area contributed by atoms with E-state index in [9.17, 15) is 0 Å². The first-order valence-corrected chi connectivity index (χ1v) is 4.50. The highest BCUT2D eigenvalue weighted by molar-refractivity contribution is 8.00. The van der Waals surface area contributed by atoms with Gasteiger partial charge in [-0.15, -0.1) is 0 Å². The van der Waals surface area contributed by atoms with Crippen molar-refractivity contribution in [3.05, 3.63) is 18.6 Å². The van der Waals surface area contributed by atoms with E-state index in [4.69, 9.17) is 0 Å². The maximum atomic E-state index is 4.03. The van der Waals surface area contributed by atoms with Gasteiger partial charge in [-0.3, -0.25) is 0 Å². The smallest absolute Gasteiger partial charge is 0.199 e. The predicted molar refractivity (Wildman–Crippen MR) is 45.3 cm³/mol. The van der Waals surface area contributed by atoms with Crippen LogP contribution in [0.4, 0.5) is 5.82 Å². The van der Waals surface area contributed by atoms with Crippen molar-refractivity contribution >= 4 is 17.8 Å². The Balaban J connectivity index is 2.16. The van der Waals surface area contributed by atoms with Crippen LogP contribution in [0.2, 0.25) is 0 Å². The average Bonchev–Trinajstić information content (AvgIpc) is 2.58. The van der Waals surface area contributed by atoms with Gasteiger partial charge in [0.05, 0.1) is 0 Å². The molecule has 4 heteroatoms. The molecule has 1 aliphatic rings. The van der Waals surface area contributed by atoms with E-state index in [1.54, 1.807) is 6.20 Å². The van der Waals surface area contributed by atoms with Crippen molar-refractivity contribution in [1.82, 2.24) is 9.97 Å². The third kappa shape index (κ3) is 1.45. The molecule has 1 saturated heterocycles. The van der Waals surface area contributed by atoms with Gasteiger partial charge in [-0.2, -0.15) is 0 Å². The van der Waals surface area contributed by atoms with E-state index in [1.165, 1.54) is 12.2 Å². The summed E-state index contributed by atoms with van der Waals surface area (Å²) in [4.78, 5) is 7.77. The Bertz CT molecular complexity index is 220. The number of anilines is 1. The SMILES string of the molecule is [c]1nccc(N2CCCS2)n1. The van der Waals surface area contributed by atoms with E-state index in [0.717, 1.165) is 12.4 Å². The van der Waals surface area contributed by atoms with Gasteiger partial charge in [0.15, 0.2) is 6.33 Å². The van der Waals surface area contributed by atoms with E-state index < -0.39 is 0 Å². The van der Waals surface area contributed by atoms with Gasteiger partial charge in [-0.1, -0.05) is 0 Å². The number of hydrogen-bond acceptors (Lipinski definition) is 4. The fourth-order valence-electron chi connectivity index (χ4n) is 1.02. The Morgan fingerprint density at radius 3 is 3.27 bits per heavy atom. The Morgan fingerprint density at radius 1 is 1.64 bits per heavy atom. The largest absolute Gasteiger partial charge is 0.300 e. The summed E-state index contributed by atoms with van der Waals surface area (Å²) in [5, 5.41) is 0. The average molecular weight is 166 g/mol. The number of rotatable bonds is 1. The molecule has 0 bridgehead atoms. The molecular formula is C7H8N3S. The highest BCUT2D eigenvalue weighted by Gasteiger charge is 2.13. The summed E-state index contributed by atoms with van der Waals surface area (Å²) < 4.78 is 2.18. The normalized spacial score (nSPS) is 17.3. The van der Waals surface area contributed by atoms with Crippen LogP contribution in [-0.4, -0.2) is 22.3 Å². The topological polar surface area (TPSA) is 29.0 Å². The predicted octanol–water partition coefficient (Wildman–Crippen LogP) is 1.14. The number of aromatic nitrogens is 2. The van der Waals surface area contributed by atoms with Crippen molar-refractivity contribution in [3.8, 4) is 0 Å². The molecule has 1 aromatic rings. The van der Waals surface area contributed by atoms with Gasteiger partial charge in [-0.25, -0.2) is 9.97 Å². The van der Waals surface area contributed by atoms with Crippen LogP contribution in [0.5, 0.6) is 0 Å². The second kappa shape index (κ2) is 3.09. The van der Waals surface area contributed by atoms with Gasteiger partial charge in [0.2, 0.25) is 0 Å². The van der Waals surface area contributed by atoms with Crippen LogP contribution in [0.25, 0.3) is 0 Å². The lowest BCUT2D eigenvalue weighted by molar-refractivity contribution is 0.964. The van der Waals surface area contributed by atoms with E-state index >= 15 is 0 Å².